The highest BCUT2D eigenvalue weighted by Gasteiger charge is 2.13. The first-order valence-corrected chi connectivity index (χ1v) is 5.91. The van der Waals surface area contributed by atoms with Crippen molar-refractivity contribution in [3.05, 3.63) is 28.6 Å². The molecule has 2 N–H and O–H groups in total. The van der Waals surface area contributed by atoms with Gasteiger partial charge in [-0.3, -0.25) is 4.79 Å². The third-order valence-electron chi connectivity index (χ3n) is 2.57. The van der Waals surface area contributed by atoms with Gasteiger partial charge in [0.05, 0.1) is 10.6 Å². The van der Waals surface area contributed by atoms with E-state index in [1.165, 1.54) is 11.3 Å². The van der Waals surface area contributed by atoms with Gasteiger partial charge in [0.2, 0.25) is 0 Å². The zero-order chi connectivity index (χ0) is 11.5. The Balaban J connectivity index is 2.73. The molecule has 0 fully saturated rings. The van der Waals surface area contributed by atoms with Gasteiger partial charge < -0.3 is 10.4 Å². The van der Waals surface area contributed by atoms with Crippen LogP contribution in [0.5, 0.6) is 0 Å². The van der Waals surface area contributed by atoms with Gasteiger partial charge in [-0.05, 0) is 18.1 Å². The smallest absolute Gasteiger partial charge is 0.162 e. The first-order valence-electron chi connectivity index (χ1n) is 5.10. The molecule has 0 radical (unpaired) electrons. The van der Waals surface area contributed by atoms with E-state index in [0.29, 0.717) is 11.3 Å². The molecule has 84 valence electrons. The summed E-state index contributed by atoms with van der Waals surface area (Å²) in [4.78, 5) is 11.7. The maximum Gasteiger partial charge on any atom is 0.162 e. The molecular weight excluding hydrogens is 222 g/mol. The summed E-state index contributed by atoms with van der Waals surface area (Å²) in [6.45, 7) is 0.120. The summed E-state index contributed by atoms with van der Waals surface area (Å²) in [6.07, 6.45) is 1.49. The Morgan fingerprint density at radius 2 is 2.31 bits per heavy atom. The molecule has 0 unspecified atom stereocenters. The number of benzene rings is 1. The summed E-state index contributed by atoms with van der Waals surface area (Å²) in [5.74, 6) is 0. The number of aliphatic hydroxyl groups is 1. The molecule has 0 aliphatic heterocycles. The molecule has 4 heteroatoms. The van der Waals surface area contributed by atoms with Crippen molar-refractivity contribution in [3.8, 4) is 0 Å². The standard InChI is InChI=1S/C12H13NO2S/c1-13-12-10(7-15)16-9-4-2-3-8(5-6-14)11(9)12/h2-4,7,13-14H,5-6H2,1H3. The molecule has 0 saturated carbocycles. The number of anilines is 1. The van der Waals surface area contributed by atoms with Crippen LogP contribution in [0.1, 0.15) is 15.2 Å². The van der Waals surface area contributed by atoms with E-state index >= 15 is 0 Å². The molecule has 2 aromatic rings. The number of fused-ring (bicyclic) bond motifs is 1. The molecule has 1 aromatic heterocycles. The van der Waals surface area contributed by atoms with Gasteiger partial charge in [0.25, 0.3) is 0 Å². The largest absolute Gasteiger partial charge is 0.396 e. The number of nitrogens with one attached hydrogen (secondary N) is 1. The Kier molecular flexibility index (Phi) is 3.22. The average Bonchev–Trinajstić information content (AvgIpc) is 2.68. The van der Waals surface area contributed by atoms with Crippen molar-refractivity contribution < 1.29 is 9.90 Å². The fourth-order valence-electron chi connectivity index (χ4n) is 1.90. The first-order chi connectivity index (χ1) is 7.81. The Bertz CT molecular complexity index is 519. The molecule has 1 heterocycles. The molecular formula is C12H13NO2S. The minimum atomic E-state index is 0.120. The van der Waals surface area contributed by atoms with Crippen LogP contribution in [0, 0.1) is 0 Å². The lowest BCUT2D eigenvalue weighted by atomic mass is 10.1. The Hall–Kier alpha value is -1.39. The van der Waals surface area contributed by atoms with Gasteiger partial charge in [-0.1, -0.05) is 12.1 Å². The lowest BCUT2D eigenvalue weighted by Gasteiger charge is -2.04. The van der Waals surface area contributed by atoms with E-state index in [0.717, 1.165) is 27.6 Å². The number of carbonyl (C=O) groups is 1. The Labute approximate surface area is 97.7 Å². The minimum absolute atomic E-state index is 0.120. The zero-order valence-corrected chi connectivity index (χ0v) is 9.80. The molecule has 0 bridgehead atoms. The normalized spacial score (nSPS) is 10.6. The summed E-state index contributed by atoms with van der Waals surface area (Å²) < 4.78 is 1.08. The number of aldehydes is 1. The second-order valence-electron chi connectivity index (χ2n) is 3.47. The number of hydrogen-bond donors (Lipinski definition) is 2. The van der Waals surface area contributed by atoms with Crippen LogP contribution in [0.2, 0.25) is 0 Å². The summed E-state index contributed by atoms with van der Waals surface area (Å²) in [6, 6.07) is 5.94. The summed E-state index contributed by atoms with van der Waals surface area (Å²) in [5, 5.41) is 13.1. The Morgan fingerprint density at radius 3 is 2.94 bits per heavy atom. The van der Waals surface area contributed by atoms with Crippen LogP contribution < -0.4 is 5.32 Å². The number of aliphatic hydroxyl groups excluding tert-OH is 1. The van der Waals surface area contributed by atoms with Crippen molar-refractivity contribution in [1.29, 1.82) is 0 Å². The highest BCUT2D eigenvalue weighted by atomic mass is 32.1. The molecule has 0 saturated heterocycles. The fourth-order valence-corrected chi connectivity index (χ4v) is 2.97. The van der Waals surface area contributed by atoms with E-state index in [2.05, 4.69) is 5.32 Å². The molecule has 0 aliphatic carbocycles. The van der Waals surface area contributed by atoms with Gasteiger partial charge in [0.1, 0.15) is 0 Å². The van der Waals surface area contributed by atoms with E-state index in [-0.39, 0.29) is 6.61 Å². The van der Waals surface area contributed by atoms with Gasteiger partial charge in [-0.25, -0.2) is 0 Å². The number of thiophene rings is 1. The van der Waals surface area contributed by atoms with E-state index in [4.69, 9.17) is 5.11 Å². The quantitative estimate of drug-likeness (QED) is 0.799. The minimum Gasteiger partial charge on any atom is -0.396 e. The van der Waals surface area contributed by atoms with Gasteiger partial charge in [0.15, 0.2) is 6.29 Å². The predicted octanol–water partition coefficient (Wildman–Crippen LogP) is 2.29. The molecule has 0 spiro atoms. The third-order valence-corrected chi connectivity index (χ3v) is 3.65. The summed E-state index contributed by atoms with van der Waals surface area (Å²) in [7, 11) is 1.81. The van der Waals surface area contributed by atoms with Gasteiger partial charge in [0, 0.05) is 23.7 Å². The highest BCUT2D eigenvalue weighted by molar-refractivity contribution is 7.21. The van der Waals surface area contributed by atoms with E-state index in [1.807, 2.05) is 25.2 Å². The van der Waals surface area contributed by atoms with Crippen LogP contribution in [-0.4, -0.2) is 25.0 Å². The van der Waals surface area contributed by atoms with Crippen molar-refractivity contribution in [1.82, 2.24) is 0 Å². The van der Waals surface area contributed by atoms with Crippen LogP contribution >= 0.6 is 11.3 Å². The third kappa shape index (κ3) is 1.70. The molecule has 2 rings (SSSR count). The second-order valence-corrected chi connectivity index (χ2v) is 4.56. The average molecular weight is 235 g/mol. The predicted molar refractivity (Wildman–Crippen MR) is 67.5 cm³/mol. The monoisotopic (exact) mass is 235 g/mol. The molecule has 16 heavy (non-hydrogen) atoms. The highest BCUT2D eigenvalue weighted by Crippen LogP contribution is 2.36. The van der Waals surface area contributed by atoms with E-state index < -0.39 is 0 Å². The molecule has 1 aromatic carbocycles. The zero-order valence-electron chi connectivity index (χ0n) is 8.99. The van der Waals surface area contributed by atoms with Crippen molar-refractivity contribution in [2.45, 2.75) is 6.42 Å². The van der Waals surface area contributed by atoms with Crippen LogP contribution in [0.3, 0.4) is 0 Å². The maximum absolute atomic E-state index is 10.9. The van der Waals surface area contributed by atoms with E-state index in [9.17, 15) is 4.79 Å². The fraction of sp³-hybridized carbons (Fsp3) is 0.250. The van der Waals surface area contributed by atoms with Crippen molar-refractivity contribution in [2.24, 2.45) is 0 Å². The first kappa shape index (κ1) is 11.1. The van der Waals surface area contributed by atoms with Gasteiger partial charge in [-0.15, -0.1) is 11.3 Å². The topological polar surface area (TPSA) is 49.3 Å². The van der Waals surface area contributed by atoms with Crippen molar-refractivity contribution in [3.63, 3.8) is 0 Å². The lowest BCUT2D eigenvalue weighted by Crippen LogP contribution is -1.95. The number of carbonyl (C=O) groups excluding carboxylic acids is 1. The van der Waals surface area contributed by atoms with Crippen molar-refractivity contribution >= 4 is 33.4 Å². The molecule has 0 aliphatic rings. The second kappa shape index (κ2) is 4.63. The van der Waals surface area contributed by atoms with E-state index in [1.54, 1.807) is 0 Å². The summed E-state index contributed by atoms with van der Waals surface area (Å²) >= 11 is 1.48. The van der Waals surface area contributed by atoms with Crippen LogP contribution in [-0.2, 0) is 6.42 Å². The molecule has 0 atom stereocenters. The number of hydrogen-bond acceptors (Lipinski definition) is 4. The summed E-state index contributed by atoms with van der Waals surface area (Å²) in [5.41, 5.74) is 1.95. The number of rotatable bonds is 4. The Morgan fingerprint density at radius 1 is 1.50 bits per heavy atom. The van der Waals surface area contributed by atoms with Gasteiger partial charge >= 0.3 is 0 Å². The van der Waals surface area contributed by atoms with Crippen LogP contribution in [0.4, 0.5) is 5.69 Å². The maximum atomic E-state index is 10.9. The van der Waals surface area contributed by atoms with Gasteiger partial charge in [-0.2, -0.15) is 0 Å². The van der Waals surface area contributed by atoms with Crippen LogP contribution in [0.25, 0.3) is 10.1 Å². The SMILES string of the molecule is CNc1c(C=O)sc2cccc(CCO)c12. The molecule has 0 amide bonds. The lowest BCUT2D eigenvalue weighted by molar-refractivity contribution is 0.112. The molecule has 3 nitrogen and oxygen atoms in total. The van der Waals surface area contributed by atoms with Crippen LogP contribution in [0.15, 0.2) is 18.2 Å². The van der Waals surface area contributed by atoms with Crippen molar-refractivity contribution in [2.75, 3.05) is 19.0 Å².